The monoisotopic (exact) mass is 294 g/mol. The average molecular weight is 294 g/mol. The Bertz CT molecular complexity index is 503. The molecule has 0 saturated heterocycles. The van der Waals surface area contributed by atoms with Gasteiger partial charge in [0.1, 0.15) is 5.75 Å². The van der Waals surface area contributed by atoms with Gasteiger partial charge in [0.05, 0.1) is 0 Å². The molecule has 3 N–H and O–H groups in total. The molecular formula is C15H22N2O4. The van der Waals surface area contributed by atoms with Crippen LogP contribution < -0.4 is 25.3 Å². The predicted octanol–water partition coefficient (Wildman–Crippen LogP) is 1.42. The van der Waals surface area contributed by atoms with E-state index in [-0.39, 0.29) is 19.3 Å². The lowest BCUT2D eigenvalue weighted by Gasteiger charge is -2.12. The number of amides is 1. The standard InChI is InChI=1S/C15H22N2O4/c1-10(2)3-4-17-15(18)8-19-12-6-14-13(20-9-21-14)5-11(12)7-16/h5-6,10H,3-4,7-9,16H2,1-2H3,(H,17,18). The third-order valence-electron chi connectivity index (χ3n) is 3.18. The summed E-state index contributed by atoms with van der Waals surface area (Å²) in [5.74, 6) is 2.24. The Hall–Kier alpha value is -1.95. The van der Waals surface area contributed by atoms with E-state index in [1.54, 1.807) is 12.1 Å². The van der Waals surface area contributed by atoms with Gasteiger partial charge in [-0.05, 0) is 18.4 Å². The molecule has 2 rings (SSSR count). The third-order valence-corrected chi connectivity index (χ3v) is 3.18. The van der Waals surface area contributed by atoms with E-state index in [1.165, 1.54) is 0 Å². The minimum Gasteiger partial charge on any atom is -0.483 e. The second-order valence-electron chi connectivity index (χ2n) is 5.34. The van der Waals surface area contributed by atoms with Crippen LogP contribution in [-0.2, 0) is 11.3 Å². The number of hydrogen-bond acceptors (Lipinski definition) is 5. The molecule has 116 valence electrons. The minimum absolute atomic E-state index is 0.0370. The largest absolute Gasteiger partial charge is 0.483 e. The van der Waals surface area contributed by atoms with E-state index >= 15 is 0 Å². The number of fused-ring (bicyclic) bond motifs is 1. The first-order valence-corrected chi connectivity index (χ1v) is 7.12. The summed E-state index contributed by atoms with van der Waals surface area (Å²) in [7, 11) is 0. The molecule has 1 aliphatic rings. The Morgan fingerprint density at radius 2 is 2.10 bits per heavy atom. The van der Waals surface area contributed by atoms with Gasteiger partial charge in [-0.2, -0.15) is 0 Å². The van der Waals surface area contributed by atoms with Gasteiger partial charge in [0.15, 0.2) is 18.1 Å². The molecule has 0 unspecified atom stereocenters. The summed E-state index contributed by atoms with van der Waals surface area (Å²) in [6.07, 6.45) is 0.948. The number of rotatable bonds is 7. The molecule has 1 amide bonds. The van der Waals surface area contributed by atoms with Crippen LogP contribution in [0.25, 0.3) is 0 Å². The molecule has 6 heteroatoms. The van der Waals surface area contributed by atoms with Crippen molar-refractivity contribution in [2.75, 3.05) is 19.9 Å². The Balaban J connectivity index is 1.89. The van der Waals surface area contributed by atoms with E-state index in [4.69, 9.17) is 19.9 Å². The highest BCUT2D eigenvalue weighted by molar-refractivity contribution is 5.77. The summed E-state index contributed by atoms with van der Waals surface area (Å²) in [4.78, 5) is 11.7. The van der Waals surface area contributed by atoms with E-state index in [1.807, 2.05) is 0 Å². The molecule has 0 aliphatic carbocycles. The zero-order chi connectivity index (χ0) is 15.2. The van der Waals surface area contributed by atoms with E-state index < -0.39 is 0 Å². The first kappa shape index (κ1) is 15.4. The number of hydrogen-bond donors (Lipinski definition) is 2. The Labute approximate surface area is 124 Å². The van der Waals surface area contributed by atoms with Crippen molar-refractivity contribution < 1.29 is 19.0 Å². The highest BCUT2D eigenvalue weighted by Gasteiger charge is 2.18. The number of carbonyl (C=O) groups excluding carboxylic acids is 1. The summed E-state index contributed by atoms with van der Waals surface area (Å²) < 4.78 is 16.1. The highest BCUT2D eigenvalue weighted by atomic mass is 16.7. The predicted molar refractivity (Wildman–Crippen MR) is 78.4 cm³/mol. The number of carbonyl (C=O) groups is 1. The van der Waals surface area contributed by atoms with Crippen molar-refractivity contribution in [3.05, 3.63) is 17.7 Å². The van der Waals surface area contributed by atoms with E-state index in [2.05, 4.69) is 19.2 Å². The van der Waals surface area contributed by atoms with Crippen molar-refractivity contribution >= 4 is 5.91 Å². The van der Waals surface area contributed by atoms with Crippen LogP contribution in [-0.4, -0.2) is 25.9 Å². The highest BCUT2D eigenvalue weighted by Crippen LogP contribution is 2.37. The van der Waals surface area contributed by atoms with Gasteiger partial charge in [0, 0.05) is 24.7 Å². The molecule has 0 aromatic heterocycles. The molecule has 1 aliphatic heterocycles. The van der Waals surface area contributed by atoms with Crippen LogP contribution >= 0.6 is 0 Å². The third kappa shape index (κ3) is 4.26. The Morgan fingerprint density at radius 3 is 2.76 bits per heavy atom. The number of benzene rings is 1. The van der Waals surface area contributed by atoms with Gasteiger partial charge >= 0.3 is 0 Å². The van der Waals surface area contributed by atoms with E-state index in [0.29, 0.717) is 36.3 Å². The second-order valence-corrected chi connectivity index (χ2v) is 5.34. The zero-order valence-corrected chi connectivity index (χ0v) is 12.5. The van der Waals surface area contributed by atoms with Gasteiger partial charge in [-0.1, -0.05) is 13.8 Å². The summed E-state index contributed by atoms with van der Waals surface area (Å²) in [5, 5.41) is 2.82. The first-order chi connectivity index (χ1) is 10.1. The summed E-state index contributed by atoms with van der Waals surface area (Å²) in [6.45, 7) is 5.35. The smallest absolute Gasteiger partial charge is 0.257 e. The molecule has 0 atom stereocenters. The van der Waals surface area contributed by atoms with E-state index in [0.717, 1.165) is 12.0 Å². The minimum atomic E-state index is -0.142. The number of nitrogens with two attached hydrogens (primary N) is 1. The lowest BCUT2D eigenvalue weighted by Crippen LogP contribution is -2.30. The first-order valence-electron chi connectivity index (χ1n) is 7.12. The van der Waals surface area contributed by atoms with Crippen LogP contribution in [0.3, 0.4) is 0 Å². The average Bonchev–Trinajstić information content (AvgIpc) is 2.90. The maximum absolute atomic E-state index is 11.7. The van der Waals surface area contributed by atoms with Gasteiger partial charge in [0.2, 0.25) is 6.79 Å². The Kier molecular flexibility index (Phi) is 5.27. The molecule has 1 aromatic carbocycles. The second kappa shape index (κ2) is 7.17. The lowest BCUT2D eigenvalue weighted by molar-refractivity contribution is -0.123. The molecular weight excluding hydrogens is 272 g/mol. The lowest BCUT2D eigenvalue weighted by atomic mass is 10.1. The molecule has 1 aromatic rings. The summed E-state index contributed by atoms with van der Waals surface area (Å²) in [6, 6.07) is 3.50. The van der Waals surface area contributed by atoms with Crippen molar-refractivity contribution in [2.24, 2.45) is 11.7 Å². The molecule has 0 bridgehead atoms. The van der Waals surface area contributed by atoms with Crippen molar-refractivity contribution in [1.82, 2.24) is 5.32 Å². The van der Waals surface area contributed by atoms with Gasteiger partial charge < -0.3 is 25.3 Å². The van der Waals surface area contributed by atoms with Crippen LogP contribution in [0.5, 0.6) is 17.2 Å². The SMILES string of the molecule is CC(C)CCNC(=O)COc1cc2c(cc1CN)OCO2. The fourth-order valence-electron chi connectivity index (χ4n) is 1.95. The number of nitrogens with one attached hydrogen (secondary N) is 1. The van der Waals surface area contributed by atoms with Crippen molar-refractivity contribution in [2.45, 2.75) is 26.8 Å². The topological polar surface area (TPSA) is 82.8 Å². The van der Waals surface area contributed by atoms with Gasteiger partial charge in [-0.3, -0.25) is 4.79 Å². The Morgan fingerprint density at radius 1 is 1.38 bits per heavy atom. The van der Waals surface area contributed by atoms with Gasteiger partial charge in [-0.15, -0.1) is 0 Å². The summed E-state index contributed by atoms with van der Waals surface area (Å²) in [5.41, 5.74) is 6.47. The molecule has 0 fully saturated rings. The fraction of sp³-hybridized carbons (Fsp3) is 0.533. The summed E-state index contributed by atoms with van der Waals surface area (Å²) >= 11 is 0. The molecule has 0 saturated carbocycles. The maximum atomic E-state index is 11.7. The zero-order valence-electron chi connectivity index (χ0n) is 12.5. The van der Waals surface area contributed by atoms with Crippen molar-refractivity contribution in [1.29, 1.82) is 0 Å². The quantitative estimate of drug-likeness (QED) is 0.794. The van der Waals surface area contributed by atoms with Crippen LogP contribution in [0, 0.1) is 5.92 Å². The molecule has 0 radical (unpaired) electrons. The molecule has 1 heterocycles. The van der Waals surface area contributed by atoms with Crippen molar-refractivity contribution in [3.63, 3.8) is 0 Å². The number of ether oxygens (including phenoxy) is 3. The fourth-order valence-corrected chi connectivity index (χ4v) is 1.95. The van der Waals surface area contributed by atoms with Gasteiger partial charge in [-0.25, -0.2) is 0 Å². The molecule has 0 spiro atoms. The van der Waals surface area contributed by atoms with Crippen molar-refractivity contribution in [3.8, 4) is 17.2 Å². The van der Waals surface area contributed by atoms with Crippen LogP contribution in [0.4, 0.5) is 0 Å². The van der Waals surface area contributed by atoms with Crippen LogP contribution in [0.2, 0.25) is 0 Å². The normalized spacial score (nSPS) is 12.6. The van der Waals surface area contributed by atoms with Crippen LogP contribution in [0.15, 0.2) is 12.1 Å². The molecule has 21 heavy (non-hydrogen) atoms. The maximum Gasteiger partial charge on any atom is 0.257 e. The van der Waals surface area contributed by atoms with E-state index in [9.17, 15) is 4.79 Å². The van der Waals surface area contributed by atoms with Gasteiger partial charge in [0.25, 0.3) is 5.91 Å². The van der Waals surface area contributed by atoms with Crippen LogP contribution in [0.1, 0.15) is 25.8 Å². The molecule has 6 nitrogen and oxygen atoms in total.